The van der Waals surface area contributed by atoms with Gasteiger partial charge >= 0.3 is 0 Å². The van der Waals surface area contributed by atoms with Crippen molar-refractivity contribution in [2.24, 2.45) is 0 Å². The molecule has 0 spiro atoms. The third-order valence-electron chi connectivity index (χ3n) is 3.62. The molecule has 0 atom stereocenters. The topological polar surface area (TPSA) is 71.3 Å². The Labute approximate surface area is 169 Å². The molecule has 1 N–H and O–H groups in total. The summed E-state index contributed by atoms with van der Waals surface area (Å²) in [6.45, 7) is 4.19. The number of aryl methyl sites for hydroxylation is 1. The average molecular weight is 395 g/mol. The molecule has 0 saturated carbocycles. The van der Waals surface area contributed by atoms with E-state index in [9.17, 15) is 10.1 Å². The molecule has 0 saturated heterocycles. The van der Waals surface area contributed by atoms with E-state index < -0.39 is 5.91 Å². The van der Waals surface area contributed by atoms with Gasteiger partial charge in [0.2, 0.25) is 0 Å². The Morgan fingerprint density at radius 2 is 2.00 bits per heavy atom. The maximum Gasteiger partial charge on any atom is 0.266 e. The molecule has 0 aliphatic carbocycles. The van der Waals surface area contributed by atoms with Gasteiger partial charge < -0.3 is 14.8 Å². The first-order valence-corrected chi connectivity index (χ1v) is 8.88. The van der Waals surface area contributed by atoms with E-state index in [0.29, 0.717) is 29.4 Å². The van der Waals surface area contributed by atoms with Gasteiger partial charge in [-0.3, -0.25) is 4.79 Å². The van der Waals surface area contributed by atoms with E-state index in [4.69, 9.17) is 27.5 Å². The summed E-state index contributed by atoms with van der Waals surface area (Å²) in [4.78, 5) is 12.4. The van der Waals surface area contributed by atoms with Crippen molar-refractivity contribution in [2.45, 2.75) is 13.8 Å². The lowest BCUT2D eigenvalue weighted by molar-refractivity contribution is -0.112. The van der Waals surface area contributed by atoms with Gasteiger partial charge in [-0.2, -0.15) is 5.26 Å². The molecule has 0 unspecified atom stereocenters. The molecule has 0 heterocycles. The number of ether oxygens (including phenoxy) is 2. The Hall–Kier alpha value is -3.41. The van der Waals surface area contributed by atoms with Crippen molar-refractivity contribution < 1.29 is 14.3 Å². The van der Waals surface area contributed by atoms with Crippen LogP contribution >= 0.6 is 11.6 Å². The highest BCUT2D eigenvalue weighted by Crippen LogP contribution is 2.37. The van der Waals surface area contributed by atoms with Crippen LogP contribution < -0.4 is 14.8 Å². The molecule has 6 heteroatoms. The molecule has 28 heavy (non-hydrogen) atoms. The summed E-state index contributed by atoms with van der Waals surface area (Å²) in [5.74, 6) is 2.55. The third kappa shape index (κ3) is 5.54. The zero-order valence-electron chi connectivity index (χ0n) is 15.6. The Morgan fingerprint density at radius 3 is 2.61 bits per heavy atom. The third-order valence-corrected chi connectivity index (χ3v) is 3.90. The van der Waals surface area contributed by atoms with E-state index in [1.807, 2.05) is 32.0 Å². The van der Waals surface area contributed by atoms with Gasteiger partial charge in [0.25, 0.3) is 5.91 Å². The predicted octanol–water partition coefficient (Wildman–Crippen LogP) is 4.60. The highest BCUT2D eigenvalue weighted by molar-refractivity contribution is 6.32. The molecule has 2 aromatic carbocycles. The van der Waals surface area contributed by atoms with E-state index >= 15 is 0 Å². The minimum absolute atomic E-state index is 0.0391. The fraction of sp³-hybridized carbons (Fsp3) is 0.182. The number of nitrogens with zero attached hydrogens (tertiary/aromatic N) is 1. The average Bonchev–Trinajstić information content (AvgIpc) is 2.67. The molecule has 2 rings (SSSR count). The normalized spacial score (nSPS) is 10.5. The predicted molar refractivity (Wildman–Crippen MR) is 110 cm³/mol. The Kier molecular flexibility index (Phi) is 7.51. The largest absolute Gasteiger partial charge is 0.490 e. The Balaban J connectivity index is 2.32. The van der Waals surface area contributed by atoms with E-state index in [-0.39, 0.29) is 17.2 Å². The molecular formula is C22H19ClN2O3. The SMILES string of the molecule is C#CCOc1c(Cl)cc(/C=C(\C#N)C(=O)Nc2ccc(C)cc2)cc1OCC. The van der Waals surface area contributed by atoms with Gasteiger partial charge in [-0.1, -0.05) is 35.2 Å². The summed E-state index contributed by atoms with van der Waals surface area (Å²) in [7, 11) is 0. The molecule has 0 aliphatic heterocycles. The second-order valence-corrected chi connectivity index (χ2v) is 6.15. The maximum atomic E-state index is 12.4. The number of nitrogens with one attached hydrogen (secondary N) is 1. The number of halogens is 1. The monoisotopic (exact) mass is 394 g/mol. The van der Waals surface area contributed by atoms with Crippen LogP contribution in [0.4, 0.5) is 5.69 Å². The van der Waals surface area contributed by atoms with Crippen LogP contribution in [-0.4, -0.2) is 19.1 Å². The van der Waals surface area contributed by atoms with Crippen LogP contribution in [0.2, 0.25) is 5.02 Å². The minimum atomic E-state index is -0.520. The summed E-state index contributed by atoms with van der Waals surface area (Å²) < 4.78 is 11.0. The van der Waals surface area contributed by atoms with E-state index in [1.54, 1.807) is 24.3 Å². The van der Waals surface area contributed by atoms with Crippen molar-refractivity contribution in [3.63, 3.8) is 0 Å². The molecule has 2 aromatic rings. The lowest BCUT2D eigenvalue weighted by Gasteiger charge is -2.13. The highest BCUT2D eigenvalue weighted by atomic mass is 35.5. The highest BCUT2D eigenvalue weighted by Gasteiger charge is 2.14. The number of carbonyl (C=O) groups excluding carboxylic acids is 1. The Morgan fingerprint density at radius 1 is 1.29 bits per heavy atom. The number of hydrogen-bond acceptors (Lipinski definition) is 4. The van der Waals surface area contributed by atoms with Crippen LogP contribution in [0.25, 0.3) is 6.08 Å². The second kappa shape index (κ2) is 10.1. The Bertz CT molecular complexity index is 967. The van der Waals surface area contributed by atoms with Crippen molar-refractivity contribution in [1.29, 1.82) is 5.26 Å². The number of nitriles is 1. The van der Waals surface area contributed by atoms with Crippen LogP contribution in [0.15, 0.2) is 42.0 Å². The molecule has 142 valence electrons. The number of anilines is 1. The van der Waals surface area contributed by atoms with Gasteiger partial charge in [0, 0.05) is 5.69 Å². The fourth-order valence-corrected chi connectivity index (χ4v) is 2.61. The van der Waals surface area contributed by atoms with Crippen LogP contribution in [0.1, 0.15) is 18.1 Å². The number of benzene rings is 2. The smallest absolute Gasteiger partial charge is 0.266 e. The van der Waals surface area contributed by atoms with E-state index in [1.165, 1.54) is 6.08 Å². The molecule has 1 amide bonds. The van der Waals surface area contributed by atoms with Gasteiger partial charge in [0.1, 0.15) is 18.2 Å². The van der Waals surface area contributed by atoms with Crippen molar-refractivity contribution in [2.75, 3.05) is 18.5 Å². The summed E-state index contributed by atoms with van der Waals surface area (Å²) in [5, 5.41) is 12.4. The lowest BCUT2D eigenvalue weighted by atomic mass is 10.1. The van der Waals surface area contributed by atoms with Crippen LogP contribution in [0.5, 0.6) is 11.5 Å². The van der Waals surface area contributed by atoms with Crippen LogP contribution in [0, 0.1) is 30.6 Å². The van der Waals surface area contributed by atoms with Gasteiger partial charge in [-0.15, -0.1) is 6.42 Å². The number of rotatable bonds is 7. The molecule has 0 radical (unpaired) electrons. The van der Waals surface area contributed by atoms with Gasteiger partial charge in [-0.25, -0.2) is 0 Å². The van der Waals surface area contributed by atoms with Gasteiger partial charge in [-0.05, 0) is 49.8 Å². The number of hydrogen-bond donors (Lipinski definition) is 1. The van der Waals surface area contributed by atoms with Crippen molar-refractivity contribution in [3.8, 4) is 29.9 Å². The lowest BCUT2D eigenvalue weighted by Crippen LogP contribution is -2.13. The van der Waals surface area contributed by atoms with Gasteiger partial charge in [0.15, 0.2) is 11.5 Å². The first-order chi connectivity index (χ1) is 13.5. The summed E-state index contributed by atoms with van der Waals surface area (Å²) in [6, 6.07) is 12.4. The molecule has 0 fully saturated rings. The standard InChI is InChI=1S/C22H19ClN2O3/c1-4-10-28-21-19(23)12-16(13-20(21)27-5-2)11-17(14-24)22(26)25-18-8-6-15(3)7-9-18/h1,6-9,11-13H,5,10H2,2-3H3,(H,25,26)/b17-11+. The zero-order chi connectivity index (χ0) is 20.5. The number of amides is 1. The van der Waals surface area contributed by atoms with Crippen molar-refractivity contribution >= 4 is 29.3 Å². The molecule has 0 aliphatic rings. The van der Waals surface area contributed by atoms with Gasteiger partial charge in [0.05, 0.1) is 11.6 Å². The zero-order valence-corrected chi connectivity index (χ0v) is 16.3. The maximum absolute atomic E-state index is 12.4. The number of terminal acetylenes is 1. The summed E-state index contributed by atoms with van der Waals surface area (Å²) in [6.07, 6.45) is 6.65. The fourth-order valence-electron chi connectivity index (χ4n) is 2.34. The quantitative estimate of drug-likeness (QED) is 0.423. The van der Waals surface area contributed by atoms with Crippen LogP contribution in [-0.2, 0) is 4.79 Å². The first kappa shape index (κ1) is 20.9. The van der Waals surface area contributed by atoms with E-state index in [0.717, 1.165) is 5.56 Å². The van der Waals surface area contributed by atoms with Crippen LogP contribution in [0.3, 0.4) is 0 Å². The van der Waals surface area contributed by atoms with E-state index in [2.05, 4.69) is 11.2 Å². The minimum Gasteiger partial charge on any atom is -0.490 e. The summed E-state index contributed by atoms with van der Waals surface area (Å²) >= 11 is 6.27. The molecule has 0 aromatic heterocycles. The second-order valence-electron chi connectivity index (χ2n) is 5.75. The van der Waals surface area contributed by atoms with Crippen molar-refractivity contribution in [1.82, 2.24) is 0 Å². The number of carbonyl (C=O) groups is 1. The molecular weight excluding hydrogens is 376 g/mol. The molecule has 5 nitrogen and oxygen atoms in total. The molecule has 0 bridgehead atoms. The first-order valence-electron chi connectivity index (χ1n) is 8.51. The van der Waals surface area contributed by atoms with Crippen molar-refractivity contribution in [3.05, 3.63) is 58.1 Å². The summed E-state index contributed by atoms with van der Waals surface area (Å²) in [5.41, 5.74) is 2.12.